The van der Waals surface area contributed by atoms with Crippen LogP contribution in [0.3, 0.4) is 0 Å². The smallest absolute Gasteiger partial charge is 0.129 e. The first-order valence-electron chi connectivity index (χ1n) is 7.21. The van der Waals surface area contributed by atoms with Crippen molar-refractivity contribution in [1.29, 1.82) is 0 Å². The van der Waals surface area contributed by atoms with Gasteiger partial charge in [-0.25, -0.2) is 4.98 Å². The molecule has 1 saturated carbocycles. The summed E-state index contributed by atoms with van der Waals surface area (Å²) in [5.74, 6) is 1.08. The van der Waals surface area contributed by atoms with E-state index in [-0.39, 0.29) is 0 Å². The number of hydrogen-bond donors (Lipinski definition) is 1. The summed E-state index contributed by atoms with van der Waals surface area (Å²) in [4.78, 5) is 7.21. The van der Waals surface area contributed by atoms with E-state index in [1.807, 2.05) is 6.07 Å². The highest BCUT2D eigenvalue weighted by atomic mass is 15.2. The zero-order valence-corrected chi connectivity index (χ0v) is 11.3. The average Bonchev–Trinajstić information content (AvgIpc) is 2.98. The second kappa shape index (κ2) is 5.57. The van der Waals surface area contributed by atoms with Crippen LogP contribution in [0.15, 0.2) is 36.4 Å². The topological polar surface area (TPSA) is 42.1 Å². The van der Waals surface area contributed by atoms with Crippen molar-refractivity contribution in [1.82, 2.24) is 4.98 Å². The van der Waals surface area contributed by atoms with E-state index in [1.165, 1.54) is 31.1 Å². The number of hydrogen-bond acceptors (Lipinski definition) is 3. The molecule has 2 N–H and O–H groups in total. The summed E-state index contributed by atoms with van der Waals surface area (Å²) >= 11 is 0. The number of nitrogens with two attached hydrogens (primary N) is 1. The van der Waals surface area contributed by atoms with Crippen molar-refractivity contribution in [2.75, 3.05) is 18.0 Å². The number of rotatable bonds is 4. The molecule has 0 bridgehead atoms. The first-order chi connectivity index (χ1) is 9.38. The van der Waals surface area contributed by atoms with Gasteiger partial charge in [0.05, 0.1) is 5.52 Å². The third-order valence-electron chi connectivity index (χ3n) is 4.01. The molecular formula is C16H21N3. The van der Waals surface area contributed by atoms with Crippen molar-refractivity contribution in [3.05, 3.63) is 36.4 Å². The lowest BCUT2D eigenvalue weighted by atomic mass is 10.2. The second-order valence-corrected chi connectivity index (χ2v) is 5.28. The number of aromatic nitrogens is 1. The van der Waals surface area contributed by atoms with Crippen LogP contribution in [0.25, 0.3) is 10.9 Å². The van der Waals surface area contributed by atoms with Crippen LogP contribution in [0.5, 0.6) is 0 Å². The number of para-hydroxylation sites is 1. The minimum atomic E-state index is 0.622. The van der Waals surface area contributed by atoms with Gasteiger partial charge in [0.15, 0.2) is 0 Å². The third-order valence-corrected chi connectivity index (χ3v) is 4.01. The van der Waals surface area contributed by atoms with Crippen LogP contribution in [0.1, 0.15) is 25.7 Å². The molecule has 1 aromatic carbocycles. The first-order valence-corrected chi connectivity index (χ1v) is 7.21. The molecule has 2 aromatic rings. The quantitative estimate of drug-likeness (QED) is 0.913. The Morgan fingerprint density at radius 2 is 1.89 bits per heavy atom. The van der Waals surface area contributed by atoms with E-state index >= 15 is 0 Å². The Hall–Kier alpha value is -1.61. The Morgan fingerprint density at radius 3 is 2.68 bits per heavy atom. The van der Waals surface area contributed by atoms with Gasteiger partial charge in [0, 0.05) is 24.5 Å². The molecule has 100 valence electrons. The molecule has 1 heterocycles. The number of pyridine rings is 1. The lowest BCUT2D eigenvalue weighted by Crippen LogP contribution is -2.37. The van der Waals surface area contributed by atoms with Crippen molar-refractivity contribution in [2.24, 2.45) is 5.73 Å². The highest BCUT2D eigenvalue weighted by Crippen LogP contribution is 2.28. The van der Waals surface area contributed by atoms with Gasteiger partial charge in [-0.2, -0.15) is 0 Å². The van der Waals surface area contributed by atoms with Gasteiger partial charge in [-0.1, -0.05) is 31.0 Å². The van der Waals surface area contributed by atoms with E-state index in [1.54, 1.807) is 0 Å². The fourth-order valence-corrected chi connectivity index (χ4v) is 3.05. The molecule has 3 rings (SSSR count). The highest BCUT2D eigenvalue weighted by molar-refractivity contribution is 5.80. The maximum absolute atomic E-state index is 5.78. The van der Waals surface area contributed by atoms with Crippen LogP contribution in [0.2, 0.25) is 0 Å². The third kappa shape index (κ3) is 2.56. The van der Waals surface area contributed by atoms with Crippen molar-refractivity contribution in [3.63, 3.8) is 0 Å². The summed E-state index contributed by atoms with van der Waals surface area (Å²) in [7, 11) is 0. The minimum Gasteiger partial charge on any atom is -0.352 e. The number of fused-ring (bicyclic) bond motifs is 1. The standard InChI is InChI=1S/C16H21N3/c17-11-12-19(14-6-2-3-7-14)16-10-9-13-5-1-4-8-15(13)18-16/h1,4-5,8-10,14H,2-3,6-7,11-12,17H2. The largest absolute Gasteiger partial charge is 0.352 e. The molecule has 1 fully saturated rings. The van der Waals surface area contributed by atoms with E-state index in [9.17, 15) is 0 Å². The van der Waals surface area contributed by atoms with Gasteiger partial charge < -0.3 is 10.6 Å². The Labute approximate surface area is 114 Å². The van der Waals surface area contributed by atoms with Crippen molar-refractivity contribution in [3.8, 4) is 0 Å². The summed E-state index contributed by atoms with van der Waals surface area (Å²) in [6.45, 7) is 1.58. The van der Waals surface area contributed by atoms with E-state index in [4.69, 9.17) is 10.7 Å². The molecule has 3 heteroatoms. The Kier molecular flexibility index (Phi) is 3.65. The Balaban J connectivity index is 1.94. The summed E-state index contributed by atoms with van der Waals surface area (Å²) in [5, 5.41) is 1.20. The molecular weight excluding hydrogens is 234 g/mol. The van der Waals surface area contributed by atoms with Crippen LogP contribution in [-0.2, 0) is 0 Å². The molecule has 0 radical (unpaired) electrons. The Morgan fingerprint density at radius 1 is 1.11 bits per heavy atom. The van der Waals surface area contributed by atoms with Gasteiger partial charge in [0.1, 0.15) is 5.82 Å². The van der Waals surface area contributed by atoms with Gasteiger partial charge in [-0.3, -0.25) is 0 Å². The zero-order valence-electron chi connectivity index (χ0n) is 11.3. The summed E-state index contributed by atoms with van der Waals surface area (Å²) in [6, 6.07) is 13.2. The van der Waals surface area contributed by atoms with Gasteiger partial charge in [0.2, 0.25) is 0 Å². The van der Waals surface area contributed by atoms with Crippen LogP contribution < -0.4 is 10.6 Å². The number of anilines is 1. The van der Waals surface area contributed by atoms with E-state index in [0.29, 0.717) is 12.6 Å². The van der Waals surface area contributed by atoms with Crippen LogP contribution in [0, 0.1) is 0 Å². The van der Waals surface area contributed by atoms with Crippen LogP contribution in [-0.4, -0.2) is 24.1 Å². The fraction of sp³-hybridized carbons (Fsp3) is 0.438. The summed E-state index contributed by atoms with van der Waals surface area (Å²) < 4.78 is 0. The molecule has 0 atom stereocenters. The van der Waals surface area contributed by atoms with Gasteiger partial charge in [0.25, 0.3) is 0 Å². The lowest BCUT2D eigenvalue weighted by molar-refractivity contribution is 0.603. The summed E-state index contributed by atoms with van der Waals surface area (Å²) in [6.07, 6.45) is 5.21. The molecule has 19 heavy (non-hydrogen) atoms. The van der Waals surface area contributed by atoms with Gasteiger partial charge in [-0.15, -0.1) is 0 Å². The first kappa shape index (κ1) is 12.4. The average molecular weight is 255 g/mol. The normalized spacial score (nSPS) is 16.1. The van der Waals surface area contributed by atoms with Gasteiger partial charge >= 0.3 is 0 Å². The molecule has 3 nitrogen and oxygen atoms in total. The molecule has 0 unspecified atom stereocenters. The van der Waals surface area contributed by atoms with E-state index in [0.717, 1.165) is 17.9 Å². The highest BCUT2D eigenvalue weighted by Gasteiger charge is 2.23. The van der Waals surface area contributed by atoms with Crippen LogP contribution >= 0.6 is 0 Å². The molecule has 0 amide bonds. The number of nitrogens with zero attached hydrogens (tertiary/aromatic N) is 2. The van der Waals surface area contributed by atoms with Crippen molar-refractivity contribution in [2.45, 2.75) is 31.7 Å². The molecule has 1 aromatic heterocycles. The van der Waals surface area contributed by atoms with E-state index in [2.05, 4.69) is 35.2 Å². The molecule has 1 aliphatic carbocycles. The zero-order chi connectivity index (χ0) is 13.1. The summed E-state index contributed by atoms with van der Waals surface area (Å²) in [5.41, 5.74) is 6.85. The molecule has 0 spiro atoms. The minimum absolute atomic E-state index is 0.622. The van der Waals surface area contributed by atoms with E-state index < -0.39 is 0 Å². The van der Waals surface area contributed by atoms with Crippen molar-refractivity contribution < 1.29 is 0 Å². The van der Waals surface area contributed by atoms with Crippen molar-refractivity contribution >= 4 is 16.7 Å². The SMILES string of the molecule is NCCN(c1ccc2ccccc2n1)C1CCCC1. The van der Waals surface area contributed by atoms with Crippen LogP contribution in [0.4, 0.5) is 5.82 Å². The molecule has 1 aliphatic rings. The predicted molar refractivity (Wildman–Crippen MR) is 80.4 cm³/mol. The number of benzene rings is 1. The lowest BCUT2D eigenvalue weighted by Gasteiger charge is -2.29. The second-order valence-electron chi connectivity index (χ2n) is 5.28. The fourth-order valence-electron chi connectivity index (χ4n) is 3.05. The molecule has 0 saturated heterocycles. The Bertz CT molecular complexity index is 546. The molecule has 0 aliphatic heterocycles. The predicted octanol–water partition coefficient (Wildman–Crippen LogP) is 2.94. The van der Waals surface area contributed by atoms with Gasteiger partial charge in [-0.05, 0) is 31.0 Å². The monoisotopic (exact) mass is 255 g/mol. The maximum Gasteiger partial charge on any atom is 0.129 e. The maximum atomic E-state index is 5.78.